The van der Waals surface area contributed by atoms with Crippen molar-refractivity contribution in [1.82, 2.24) is 9.97 Å². The van der Waals surface area contributed by atoms with Gasteiger partial charge in [-0.3, -0.25) is 0 Å². The van der Waals surface area contributed by atoms with Crippen LogP contribution in [0.5, 0.6) is 11.8 Å². The summed E-state index contributed by atoms with van der Waals surface area (Å²) in [5.41, 5.74) is 7.40. The summed E-state index contributed by atoms with van der Waals surface area (Å²) in [5, 5.41) is 28.6. The fourth-order valence-corrected chi connectivity index (χ4v) is 7.48. The minimum Gasteiger partial charge on any atom is -0.481 e. The van der Waals surface area contributed by atoms with Crippen molar-refractivity contribution in [2.45, 2.75) is 90.3 Å². The highest BCUT2D eigenvalue weighted by molar-refractivity contribution is 6.05. The highest BCUT2D eigenvalue weighted by Gasteiger charge is 2.27. The van der Waals surface area contributed by atoms with Gasteiger partial charge in [0.25, 0.3) is 0 Å². The summed E-state index contributed by atoms with van der Waals surface area (Å²) in [6.45, 7) is 4.17. The Balaban J connectivity index is 0.000000194. The highest BCUT2D eigenvalue weighted by atomic mass is 16.5. The van der Waals surface area contributed by atoms with Gasteiger partial charge in [-0.25, -0.2) is 9.97 Å². The maximum Gasteiger partial charge on any atom is 0.216 e. The third kappa shape index (κ3) is 8.36. The number of aryl methyl sites for hydroxylation is 2. The van der Waals surface area contributed by atoms with Crippen molar-refractivity contribution in [3.8, 4) is 11.8 Å². The molecule has 50 heavy (non-hydrogen) atoms. The van der Waals surface area contributed by atoms with Gasteiger partial charge in [-0.05, 0) is 101 Å². The van der Waals surface area contributed by atoms with Gasteiger partial charge in [0.1, 0.15) is 0 Å². The standard InChI is InChI=1S/2C20H26N2O3/c2*1-4-13-11-16-12-15(7-10-18(16)21-20(13)25-3)19(22-23)14-5-8-17(24-2)9-6-14/h2*7,10-12,14,17,23H,4-6,8-9H2,1-3H3/b2*22-19-. The summed E-state index contributed by atoms with van der Waals surface area (Å²) in [4.78, 5) is 9.17. The first-order chi connectivity index (χ1) is 24.4. The summed E-state index contributed by atoms with van der Waals surface area (Å²) in [7, 11) is 6.83. The smallest absolute Gasteiger partial charge is 0.216 e. The van der Waals surface area contributed by atoms with Crippen LogP contribution < -0.4 is 9.47 Å². The largest absolute Gasteiger partial charge is 0.481 e. The molecule has 0 spiro atoms. The van der Waals surface area contributed by atoms with Crippen LogP contribution in [-0.4, -0.2) is 72.5 Å². The fourth-order valence-electron chi connectivity index (χ4n) is 7.48. The Labute approximate surface area is 295 Å². The molecule has 2 aliphatic carbocycles. The van der Waals surface area contributed by atoms with Gasteiger partial charge in [0, 0.05) is 59.1 Å². The topological polar surface area (TPSA) is 128 Å². The summed E-state index contributed by atoms with van der Waals surface area (Å²) in [6.07, 6.45) is 10.3. The van der Waals surface area contributed by atoms with Crippen LogP contribution in [0.3, 0.4) is 0 Å². The first-order valence-electron chi connectivity index (χ1n) is 17.8. The summed E-state index contributed by atoms with van der Waals surface area (Å²) in [6, 6.07) is 16.3. The molecule has 2 N–H and O–H groups in total. The molecule has 6 rings (SSSR count). The molecule has 0 unspecified atom stereocenters. The Morgan fingerprint density at radius 2 is 0.980 bits per heavy atom. The van der Waals surface area contributed by atoms with E-state index in [1.54, 1.807) is 28.4 Å². The van der Waals surface area contributed by atoms with E-state index in [0.29, 0.717) is 24.0 Å². The third-order valence-electron chi connectivity index (χ3n) is 10.5. The predicted molar refractivity (Wildman–Crippen MR) is 198 cm³/mol. The third-order valence-corrected chi connectivity index (χ3v) is 10.5. The highest BCUT2D eigenvalue weighted by Crippen LogP contribution is 2.32. The van der Waals surface area contributed by atoms with Gasteiger partial charge in [-0.2, -0.15) is 0 Å². The van der Waals surface area contributed by atoms with Gasteiger partial charge < -0.3 is 29.4 Å². The zero-order valence-electron chi connectivity index (χ0n) is 30.3. The lowest BCUT2D eigenvalue weighted by molar-refractivity contribution is 0.0643. The van der Waals surface area contributed by atoms with Gasteiger partial charge in [0.15, 0.2) is 0 Å². The van der Waals surface area contributed by atoms with E-state index in [1.807, 2.05) is 24.3 Å². The second kappa shape index (κ2) is 17.6. The van der Waals surface area contributed by atoms with Crippen LogP contribution in [0.2, 0.25) is 0 Å². The average Bonchev–Trinajstić information content (AvgIpc) is 3.18. The minimum atomic E-state index is 0.269. The lowest BCUT2D eigenvalue weighted by Gasteiger charge is -2.28. The van der Waals surface area contributed by atoms with Gasteiger partial charge in [0.2, 0.25) is 11.8 Å². The van der Waals surface area contributed by atoms with E-state index in [4.69, 9.17) is 18.9 Å². The van der Waals surface area contributed by atoms with Crippen LogP contribution in [0.25, 0.3) is 21.8 Å². The first kappa shape index (κ1) is 37.0. The van der Waals surface area contributed by atoms with Crippen LogP contribution in [-0.2, 0) is 22.3 Å². The molecular formula is C40H52N4O6. The van der Waals surface area contributed by atoms with E-state index < -0.39 is 0 Å². The number of nitrogens with zero attached hydrogens (tertiary/aromatic N) is 4. The molecule has 2 fully saturated rings. The van der Waals surface area contributed by atoms with E-state index in [-0.39, 0.29) is 11.8 Å². The van der Waals surface area contributed by atoms with E-state index in [9.17, 15) is 10.4 Å². The number of pyridine rings is 2. The summed E-state index contributed by atoms with van der Waals surface area (Å²) in [5.74, 6) is 1.89. The van der Waals surface area contributed by atoms with Crippen LogP contribution >= 0.6 is 0 Å². The van der Waals surface area contributed by atoms with Crippen LogP contribution in [0.4, 0.5) is 0 Å². The number of benzene rings is 2. The molecule has 2 saturated carbocycles. The molecule has 2 heterocycles. The van der Waals surface area contributed by atoms with Crippen LogP contribution in [0.1, 0.15) is 87.5 Å². The van der Waals surface area contributed by atoms with E-state index >= 15 is 0 Å². The zero-order chi connectivity index (χ0) is 35.6. The van der Waals surface area contributed by atoms with E-state index in [0.717, 1.165) is 120 Å². The molecule has 268 valence electrons. The molecule has 10 heteroatoms. The quantitative estimate of drug-likeness (QED) is 0.0969. The van der Waals surface area contributed by atoms with Crippen molar-refractivity contribution in [3.05, 3.63) is 70.8 Å². The number of ether oxygens (including phenoxy) is 4. The number of hydrogen-bond donors (Lipinski definition) is 2. The molecule has 0 amide bonds. The number of aromatic nitrogens is 2. The average molecular weight is 685 g/mol. The van der Waals surface area contributed by atoms with Crippen LogP contribution in [0, 0.1) is 11.8 Å². The van der Waals surface area contributed by atoms with Crippen molar-refractivity contribution in [1.29, 1.82) is 0 Å². The van der Waals surface area contributed by atoms with Crippen LogP contribution in [0.15, 0.2) is 58.8 Å². The second-order valence-electron chi connectivity index (χ2n) is 13.2. The lowest BCUT2D eigenvalue weighted by atomic mass is 9.82. The Morgan fingerprint density at radius 3 is 1.28 bits per heavy atom. The van der Waals surface area contributed by atoms with Gasteiger partial charge in [-0.1, -0.05) is 36.3 Å². The van der Waals surface area contributed by atoms with Crippen molar-refractivity contribution in [3.63, 3.8) is 0 Å². The fraction of sp³-hybridized carbons (Fsp3) is 0.500. The normalized spacial score (nSPS) is 21.5. The zero-order valence-corrected chi connectivity index (χ0v) is 30.3. The number of methoxy groups -OCH3 is 4. The van der Waals surface area contributed by atoms with E-state index in [2.05, 4.69) is 58.4 Å². The SMILES string of the molecule is CCc1cc2cc(/C(=N\O)C3CCC(OC)CC3)ccc2nc1OC.CCc1cc2cc(/C(=N\O)C3CCC(OC)CC3)ccc2nc1OC. The molecule has 2 aromatic carbocycles. The number of rotatable bonds is 10. The molecule has 2 aliphatic rings. The molecule has 2 aromatic heterocycles. The van der Waals surface area contributed by atoms with Gasteiger partial charge in [0.05, 0.1) is 48.9 Å². The van der Waals surface area contributed by atoms with Crippen molar-refractivity contribution in [2.75, 3.05) is 28.4 Å². The Kier molecular flexibility index (Phi) is 13.0. The Hall–Kier alpha value is -4.28. The number of fused-ring (bicyclic) bond motifs is 2. The van der Waals surface area contributed by atoms with E-state index in [1.165, 1.54) is 0 Å². The molecule has 0 aliphatic heterocycles. The molecule has 0 atom stereocenters. The Morgan fingerprint density at radius 1 is 0.600 bits per heavy atom. The molecule has 0 saturated heterocycles. The Bertz CT molecular complexity index is 1660. The van der Waals surface area contributed by atoms with Crippen molar-refractivity contribution >= 4 is 33.2 Å². The minimum absolute atomic E-state index is 0.269. The molecule has 10 nitrogen and oxygen atoms in total. The molecule has 0 bridgehead atoms. The number of oxime groups is 2. The summed E-state index contributed by atoms with van der Waals surface area (Å²) < 4.78 is 21.6. The maximum absolute atomic E-state index is 9.63. The van der Waals surface area contributed by atoms with Crippen molar-refractivity contribution in [2.24, 2.45) is 22.1 Å². The molecule has 0 radical (unpaired) electrons. The van der Waals surface area contributed by atoms with Crippen molar-refractivity contribution < 1.29 is 29.4 Å². The number of hydrogen-bond acceptors (Lipinski definition) is 10. The maximum atomic E-state index is 9.63. The predicted octanol–water partition coefficient (Wildman–Crippen LogP) is 8.38. The second-order valence-corrected chi connectivity index (χ2v) is 13.2. The molecule has 4 aromatic rings. The lowest BCUT2D eigenvalue weighted by Crippen LogP contribution is -2.26. The van der Waals surface area contributed by atoms with Gasteiger partial charge in [-0.15, -0.1) is 0 Å². The van der Waals surface area contributed by atoms with Gasteiger partial charge >= 0.3 is 0 Å². The monoisotopic (exact) mass is 684 g/mol. The first-order valence-corrected chi connectivity index (χ1v) is 17.8. The summed E-state index contributed by atoms with van der Waals surface area (Å²) >= 11 is 0. The molecular weight excluding hydrogens is 632 g/mol.